The Labute approximate surface area is 142 Å². The number of hydrogen-bond acceptors (Lipinski definition) is 5. The fourth-order valence-corrected chi connectivity index (χ4v) is 3.49. The lowest BCUT2D eigenvalue weighted by molar-refractivity contribution is 0.0983. The second-order valence-electron chi connectivity index (χ2n) is 6.40. The molecule has 0 saturated heterocycles. The van der Waals surface area contributed by atoms with E-state index in [1.54, 1.807) is 4.90 Å². The molecule has 8 nitrogen and oxygen atoms in total. The molecular weight excluding hydrogens is 320 g/mol. The maximum atomic E-state index is 13.1. The molecule has 3 heterocycles. The zero-order valence-electron chi connectivity index (χ0n) is 13.4. The van der Waals surface area contributed by atoms with Crippen LogP contribution in [0.2, 0.25) is 0 Å². The summed E-state index contributed by atoms with van der Waals surface area (Å²) >= 11 is 0. The summed E-state index contributed by atoms with van der Waals surface area (Å²) in [5.41, 5.74) is 2.30. The minimum Gasteiger partial charge on any atom is -0.365 e. The molecule has 25 heavy (non-hydrogen) atoms. The summed E-state index contributed by atoms with van der Waals surface area (Å²) in [5.74, 6) is -0.219. The van der Waals surface area contributed by atoms with Crippen LogP contribution in [0, 0.1) is 0 Å². The lowest BCUT2D eigenvalue weighted by atomic mass is 10.1. The Balaban J connectivity index is 1.58. The van der Waals surface area contributed by atoms with E-state index in [-0.39, 0.29) is 22.7 Å². The van der Waals surface area contributed by atoms with E-state index >= 15 is 0 Å². The maximum absolute atomic E-state index is 13.1. The number of fused-ring (bicyclic) bond motifs is 2. The summed E-state index contributed by atoms with van der Waals surface area (Å²) in [6.07, 6.45) is 3.70. The van der Waals surface area contributed by atoms with Gasteiger partial charge in [-0.2, -0.15) is 5.10 Å². The molecule has 0 unspecified atom stereocenters. The van der Waals surface area contributed by atoms with Crippen LogP contribution < -0.4 is 15.4 Å². The van der Waals surface area contributed by atoms with Gasteiger partial charge in [-0.25, -0.2) is 4.98 Å². The zero-order chi connectivity index (χ0) is 17.0. The van der Waals surface area contributed by atoms with E-state index in [2.05, 4.69) is 31.1 Å². The normalized spacial score (nSPS) is 17.0. The first-order valence-corrected chi connectivity index (χ1v) is 8.33. The molecule has 126 valence electrons. The van der Waals surface area contributed by atoms with E-state index < -0.39 is 0 Å². The van der Waals surface area contributed by atoms with Gasteiger partial charge in [0, 0.05) is 19.1 Å². The summed E-state index contributed by atoms with van der Waals surface area (Å²) < 4.78 is 0. The molecule has 1 aliphatic heterocycles. The van der Waals surface area contributed by atoms with E-state index in [1.807, 2.05) is 18.2 Å². The van der Waals surface area contributed by atoms with Crippen molar-refractivity contribution in [1.82, 2.24) is 20.2 Å². The predicted molar refractivity (Wildman–Crippen MR) is 93.0 cm³/mol. The van der Waals surface area contributed by atoms with Crippen molar-refractivity contribution in [3.05, 3.63) is 46.6 Å². The van der Waals surface area contributed by atoms with Gasteiger partial charge in [-0.05, 0) is 25.0 Å². The second-order valence-corrected chi connectivity index (χ2v) is 6.40. The highest BCUT2D eigenvalue weighted by Crippen LogP contribution is 2.40. The minimum atomic E-state index is -0.362. The number of nitrogens with zero attached hydrogens (tertiary/aromatic N) is 4. The van der Waals surface area contributed by atoms with Crippen LogP contribution in [0.25, 0.3) is 11.0 Å². The Morgan fingerprint density at radius 2 is 1.92 bits per heavy atom. The Kier molecular flexibility index (Phi) is 2.94. The third-order valence-electron chi connectivity index (χ3n) is 4.84. The highest BCUT2D eigenvalue weighted by atomic mass is 16.2. The van der Waals surface area contributed by atoms with Crippen molar-refractivity contribution in [2.24, 2.45) is 0 Å². The molecular formula is C17H16N6O2. The first-order chi connectivity index (χ1) is 12.2. The highest BCUT2D eigenvalue weighted by Gasteiger charge is 2.36. The largest absolute Gasteiger partial charge is 0.365 e. The molecule has 0 spiro atoms. The first-order valence-electron chi connectivity index (χ1n) is 8.33. The van der Waals surface area contributed by atoms with Crippen molar-refractivity contribution in [2.45, 2.75) is 18.9 Å². The number of hydrogen-bond donors (Lipinski definition) is 2. The highest BCUT2D eigenvalue weighted by molar-refractivity contribution is 6.12. The molecule has 1 saturated carbocycles. The summed E-state index contributed by atoms with van der Waals surface area (Å²) in [7, 11) is 0. The molecule has 0 bridgehead atoms. The topological polar surface area (TPSA) is 98.0 Å². The number of aromatic nitrogens is 4. The van der Waals surface area contributed by atoms with Crippen LogP contribution in [0.4, 0.5) is 11.4 Å². The van der Waals surface area contributed by atoms with Gasteiger partial charge in [-0.15, -0.1) is 0 Å². The molecule has 5 rings (SSSR count). The lowest BCUT2D eigenvalue weighted by Crippen LogP contribution is -2.45. The number of anilines is 2. The van der Waals surface area contributed by atoms with Crippen molar-refractivity contribution < 1.29 is 4.79 Å². The molecule has 1 fully saturated rings. The summed E-state index contributed by atoms with van der Waals surface area (Å²) in [6, 6.07) is 8.53. The monoisotopic (exact) mass is 336 g/mol. The SMILES string of the molecule is O=C(c1[nH]nc2c(=O)[nH]cnc12)N1CCN(C2CC2)c2ccccc21. The number of aromatic amines is 2. The maximum Gasteiger partial charge on any atom is 0.279 e. The smallest absolute Gasteiger partial charge is 0.279 e. The standard InChI is InChI=1S/C17H16N6O2/c24-16-14-13(18-9-19-16)15(21-20-14)17(25)23-8-7-22(10-5-6-10)11-3-1-2-4-12(11)23/h1-4,9-10H,5-8H2,(H,20,21)(H,18,19,24). The van der Waals surface area contributed by atoms with Crippen molar-refractivity contribution in [3.63, 3.8) is 0 Å². The summed E-state index contributed by atoms with van der Waals surface area (Å²) in [4.78, 5) is 35.6. The van der Waals surface area contributed by atoms with Gasteiger partial charge in [-0.3, -0.25) is 14.7 Å². The number of carbonyl (C=O) groups is 1. The number of para-hydroxylation sites is 2. The van der Waals surface area contributed by atoms with Gasteiger partial charge in [0.2, 0.25) is 0 Å². The van der Waals surface area contributed by atoms with E-state index in [1.165, 1.54) is 19.2 Å². The van der Waals surface area contributed by atoms with Crippen molar-refractivity contribution in [1.29, 1.82) is 0 Å². The van der Waals surface area contributed by atoms with Crippen molar-refractivity contribution in [3.8, 4) is 0 Å². The Hall–Kier alpha value is -3.16. The van der Waals surface area contributed by atoms with Crippen LogP contribution in [0.5, 0.6) is 0 Å². The fourth-order valence-electron chi connectivity index (χ4n) is 3.49. The molecule has 2 N–H and O–H groups in total. The average Bonchev–Trinajstić information content (AvgIpc) is 3.39. The molecule has 0 atom stereocenters. The van der Waals surface area contributed by atoms with Gasteiger partial charge in [0.1, 0.15) is 11.2 Å². The summed E-state index contributed by atoms with van der Waals surface area (Å²) in [6.45, 7) is 1.39. The van der Waals surface area contributed by atoms with Crippen LogP contribution in [0.3, 0.4) is 0 Å². The zero-order valence-corrected chi connectivity index (χ0v) is 13.4. The van der Waals surface area contributed by atoms with Gasteiger partial charge in [0.15, 0.2) is 5.52 Å². The number of benzene rings is 1. The van der Waals surface area contributed by atoms with Crippen molar-refractivity contribution in [2.75, 3.05) is 22.9 Å². The third-order valence-corrected chi connectivity index (χ3v) is 4.84. The number of carbonyl (C=O) groups excluding carboxylic acids is 1. The van der Waals surface area contributed by atoms with E-state index in [4.69, 9.17) is 0 Å². The van der Waals surface area contributed by atoms with Crippen LogP contribution in [-0.2, 0) is 0 Å². The van der Waals surface area contributed by atoms with Crippen molar-refractivity contribution >= 4 is 28.3 Å². The molecule has 0 radical (unpaired) electrons. The lowest BCUT2D eigenvalue weighted by Gasteiger charge is -2.37. The van der Waals surface area contributed by atoms with E-state index in [0.29, 0.717) is 18.1 Å². The molecule has 1 aromatic carbocycles. The Morgan fingerprint density at radius 1 is 1.12 bits per heavy atom. The van der Waals surface area contributed by atoms with Crippen LogP contribution in [0.15, 0.2) is 35.4 Å². The Morgan fingerprint density at radius 3 is 2.72 bits per heavy atom. The first kappa shape index (κ1) is 14.2. The number of rotatable bonds is 2. The van der Waals surface area contributed by atoms with Crippen LogP contribution in [0.1, 0.15) is 23.3 Å². The molecule has 1 aliphatic carbocycles. The van der Waals surface area contributed by atoms with Gasteiger partial charge in [0.25, 0.3) is 11.5 Å². The predicted octanol–water partition coefficient (Wildman–Crippen LogP) is 1.28. The molecule has 8 heteroatoms. The molecule has 1 amide bonds. The van der Waals surface area contributed by atoms with Crippen LogP contribution >= 0.6 is 0 Å². The number of nitrogens with one attached hydrogen (secondary N) is 2. The number of amides is 1. The Bertz CT molecular complexity index is 1030. The van der Waals surface area contributed by atoms with E-state index in [9.17, 15) is 9.59 Å². The number of H-pyrrole nitrogens is 2. The van der Waals surface area contributed by atoms with Crippen LogP contribution in [-0.4, -0.2) is 45.2 Å². The average molecular weight is 336 g/mol. The van der Waals surface area contributed by atoms with E-state index in [0.717, 1.165) is 17.9 Å². The van der Waals surface area contributed by atoms with Gasteiger partial charge in [-0.1, -0.05) is 12.1 Å². The molecule has 2 aromatic heterocycles. The van der Waals surface area contributed by atoms with Gasteiger partial charge < -0.3 is 14.8 Å². The third kappa shape index (κ3) is 2.14. The minimum absolute atomic E-state index is 0.149. The second kappa shape index (κ2) is 5.17. The molecule has 2 aliphatic rings. The summed E-state index contributed by atoms with van der Waals surface area (Å²) in [5, 5.41) is 6.65. The molecule has 3 aromatic rings. The quantitative estimate of drug-likeness (QED) is 0.734. The van der Waals surface area contributed by atoms with Gasteiger partial charge >= 0.3 is 0 Å². The van der Waals surface area contributed by atoms with Gasteiger partial charge in [0.05, 0.1) is 17.7 Å². The fraction of sp³-hybridized carbons (Fsp3) is 0.294.